The molecule has 6 heteroatoms. The first kappa shape index (κ1) is 18.2. The average Bonchev–Trinajstić information content (AvgIpc) is 3.19. The molecule has 0 aliphatic heterocycles. The van der Waals surface area contributed by atoms with Crippen LogP contribution < -0.4 is 5.32 Å². The summed E-state index contributed by atoms with van der Waals surface area (Å²) in [4.78, 5) is 25.4. The Morgan fingerprint density at radius 3 is 2.42 bits per heavy atom. The predicted octanol–water partition coefficient (Wildman–Crippen LogP) is 4.46. The van der Waals surface area contributed by atoms with Crippen LogP contribution >= 0.6 is 22.9 Å². The van der Waals surface area contributed by atoms with Gasteiger partial charge >= 0.3 is 5.97 Å². The molecule has 2 aromatic carbocycles. The van der Waals surface area contributed by atoms with Gasteiger partial charge in [0.15, 0.2) is 6.61 Å². The molecule has 132 valence electrons. The van der Waals surface area contributed by atoms with Gasteiger partial charge in [0.1, 0.15) is 0 Å². The van der Waals surface area contributed by atoms with Gasteiger partial charge in [0.25, 0.3) is 5.91 Å². The number of nitrogens with one attached hydrogen (secondary N) is 1. The van der Waals surface area contributed by atoms with Crippen molar-refractivity contribution < 1.29 is 14.3 Å². The Bertz CT molecular complexity index is 881. The van der Waals surface area contributed by atoms with Gasteiger partial charge in [-0.25, -0.2) is 4.79 Å². The van der Waals surface area contributed by atoms with Gasteiger partial charge in [-0.3, -0.25) is 4.79 Å². The van der Waals surface area contributed by atoms with Gasteiger partial charge in [-0.15, -0.1) is 11.3 Å². The summed E-state index contributed by atoms with van der Waals surface area (Å²) < 4.78 is 5.09. The third-order valence-corrected chi connectivity index (χ3v) is 4.96. The van der Waals surface area contributed by atoms with Gasteiger partial charge in [-0.2, -0.15) is 0 Å². The van der Waals surface area contributed by atoms with Crippen LogP contribution in [0.2, 0.25) is 5.02 Å². The summed E-state index contributed by atoms with van der Waals surface area (Å²) in [6, 6.07) is 19.8. The zero-order valence-corrected chi connectivity index (χ0v) is 15.3. The summed E-state index contributed by atoms with van der Waals surface area (Å²) >= 11 is 7.52. The maximum atomic E-state index is 12.3. The number of carbonyl (C=O) groups excluding carboxylic acids is 2. The van der Waals surface area contributed by atoms with E-state index in [1.807, 2.05) is 47.8 Å². The molecule has 3 rings (SSSR count). The zero-order chi connectivity index (χ0) is 18.4. The smallest absolute Gasteiger partial charge is 0.340 e. The fourth-order valence-corrected chi connectivity index (χ4v) is 3.47. The number of hydrogen-bond donors (Lipinski definition) is 1. The molecule has 1 aromatic heterocycles. The molecule has 0 aliphatic rings. The van der Waals surface area contributed by atoms with E-state index in [2.05, 4.69) is 5.32 Å². The van der Waals surface area contributed by atoms with Crippen LogP contribution in [0.3, 0.4) is 0 Å². The van der Waals surface area contributed by atoms with E-state index < -0.39 is 5.97 Å². The largest absolute Gasteiger partial charge is 0.452 e. The van der Waals surface area contributed by atoms with Crippen LogP contribution in [0.15, 0.2) is 72.1 Å². The Hall–Kier alpha value is -2.63. The van der Waals surface area contributed by atoms with Crippen molar-refractivity contribution in [2.45, 2.75) is 6.04 Å². The lowest BCUT2D eigenvalue weighted by Crippen LogP contribution is -2.32. The molecule has 0 radical (unpaired) electrons. The number of carbonyl (C=O) groups is 2. The van der Waals surface area contributed by atoms with Gasteiger partial charge in [-0.1, -0.05) is 60.1 Å². The third-order valence-electron chi connectivity index (χ3n) is 3.69. The summed E-state index contributed by atoms with van der Waals surface area (Å²) in [5.74, 6) is -1.01. The molecule has 1 amide bonds. The molecular weight excluding hydrogens is 370 g/mol. The topological polar surface area (TPSA) is 55.4 Å². The lowest BCUT2D eigenvalue weighted by atomic mass is 10.1. The van der Waals surface area contributed by atoms with Crippen LogP contribution in [0, 0.1) is 0 Å². The second kappa shape index (κ2) is 8.65. The molecule has 0 unspecified atom stereocenters. The highest BCUT2D eigenvalue weighted by atomic mass is 35.5. The van der Waals surface area contributed by atoms with E-state index in [-0.39, 0.29) is 24.1 Å². The third kappa shape index (κ3) is 4.50. The average molecular weight is 386 g/mol. The molecule has 0 aliphatic carbocycles. The number of hydrogen-bond acceptors (Lipinski definition) is 4. The Kier molecular flexibility index (Phi) is 6.04. The van der Waals surface area contributed by atoms with Gasteiger partial charge in [-0.05, 0) is 29.1 Å². The van der Waals surface area contributed by atoms with Gasteiger partial charge in [0.2, 0.25) is 0 Å². The molecule has 1 atom stereocenters. The van der Waals surface area contributed by atoms with Crippen LogP contribution in [0.1, 0.15) is 26.8 Å². The maximum absolute atomic E-state index is 12.3. The first-order valence-corrected chi connectivity index (χ1v) is 9.20. The molecule has 0 fully saturated rings. The standard InChI is InChI=1S/C20H16ClNO3S/c21-16-10-5-4-9-15(16)20(24)25-13-18(23)22-19(17-11-6-12-26-17)14-7-2-1-3-8-14/h1-12,19H,13H2,(H,22,23)/t19-/m0/s1. The van der Waals surface area contributed by atoms with Crippen molar-refractivity contribution in [3.8, 4) is 0 Å². The molecule has 1 N–H and O–H groups in total. The van der Waals surface area contributed by atoms with Crippen molar-refractivity contribution >= 4 is 34.8 Å². The number of thiophene rings is 1. The van der Waals surface area contributed by atoms with Crippen molar-refractivity contribution in [3.05, 3.63) is 93.1 Å². The van der Waals surface area contributed by atoms with E-state index >= 15 is 0 Å². The Balaban J connectivity index is 1.65. The SMILES string of the molecule is O=C(COC(=O)c1ccccc1Cl)N[C@@H](c1ccccc1)c1cccs1. The number of benzene rings is 2. The molecule has 0 spiro atoms. The van der Waals surface area contributed by atoms with E-state index in [9.17, 15) is 9.59 Å². The van der Waals surface area contributed by atoms with E-state index in [4.69, 9.17) is 16.3 Å². The highest BCUT2D eigenvalue weighted by Gasteiger charge is 2.19. The lowest BCUT2D eigenvalue weighted by Gasteiger charge is -2.18. The van der Waals surface area contributed by atoms with Crippen LogP contribution in [-0.4, -0.2) is 18.5 Å². The van der Waals surface area contributed by atoms with Gasteiger partial charge in [0.05, 0.1) is 16.6 Å². The molecule has 1 heterocycles. The molecule has 3 aromatic rings. The minimum atomic E-state index is -0.627. The van der Waals surface area contributed by atoms with Gasteiger partial charge in [0, 0.05) is 4.88 Å². The number of halogens is 1. The van der Waals surface area contributed by atoms with Crippen molar-refractivity contribution in [2.24, 2.45) is 0 Å². The summed E-state index contributed by atoms with van der Waals surface area (Å²) in [5.41, 5.74) is 1.19. The van der Waals surface area contributed by atoms with Gasteiger partial charge < -0.3 is 10.1 Å². The fraction of sp³-hybridized carbons (Fsp3) is 0.100. The number of rotatable bonds is 6. The van der Waals surface area contributed by atoms with E-state index in [1.54, 1.807) is 35.6 Å². The van der Waals surface area contributed by atoms with Crippen molar-refractivity contribution in [1.29, 1.82) is 0 Å². The van der Waals surface area contributed by atoms with Crippen molar-refractivity contribution in [1.82, 2.24) is 5.32 Å². The second-order valence-electron chi connectivity index (χ2n) is 5.48. The minimum Gasteiger partial charge on any atom is -0.452 e. The maximum Gasteiger partial charge on any atom is 0.340 e. The minimum absolute atomic E-state index is 0.236. The molecule has 4 nitrogen and oxygen atoms in total. The molecule has 0 saturated heterocycles. The summed E-state index contributed by atoms with van der Waals surface area (Å²) in [7, 11) is 0. The van der Waals surface area contributed by atoms with Crippen LogP contribution in [0.25, 0.3) is 0 Å². The van der Waals surface area contributed by atoms with Crippen LogP contribution in [0.5, 0.6) is 0 Å². The van der Waals surface area contributed by atoms with Crippen LogP contribution in [0.4, 0.5) is 0 Å². The summed E-state index contributed by atoms with van der Waals surface area (Å²) in [6.07, 6.45) is 0. The second-order valence-corrected chi connectivity index (χ2v) is 6.87. The first-order valence-electron chi connectivity index (χ1n) is 7.94. The number of esters is 1. The van der Waals surface area contributed by atoms with E-state index in [0.717, 1.165) is 10.4 Å². The number of ether oxygens (including phenoxy) is 1. The Labute approximate surface area is 160 Å². The molecule has 0 saturated carbocycles. The zero-order valence-electron chi connectivity index (χ0n) is 13.7. The van der Waals surface area contributed by atoms with E-state index in [1.165, 1.54) is 0 Å². The fourth-order valence-electron chi connectivity index (χ4n) is 2.46. The highest BCUT2D eigenvalue weighted by Crippen LogP contribution is 2.25. The summed E-state index contributed by atoms with van der Waals surface area (Å²) in [5, 5.41) is 5.16. The molecular formula is C20H16ClNO3S. The first-order chi connectivity index (χ1) is 12.6. The quantitative estimate of drug-likeness (QED) is 0.637. The summed E-state index contributed by atoms with van der Waals surface area (Å²) in [6.45, 7) is -0.376. The highest BCUT2D eigenvalue weighted by molar-refractivity contribution is 7.10. The number of amides is 1. The van der Waals surface area contributed by atoms with Crippen molar-refractivity contribution in [2.75, 3.05) is 6.61 Å². The van der Waals surface area contributed by atoms with E-state index in [0.29, 0.717) is 5.02 Å². The Morgan fingerprint density at radius 1 is 1.00 bits per heavy atom. The van der Waals surface area contributed by atoms with Crippen LogP contribution in [-0.2, 0) is 9.53 Å². The molecule has 26 heavy (non-hydrogen) atoms. The van der Waals surface area contributed by atoms with Crippen molar-refractivity contribution in [3.63, 3.8) is 0 Å². The predicted molar refractivity (Wildman–Crippen MR) is 102 cm³/mol. The monoisotopic (exact) mass is 385 g/mol. The molecule has 0 bridgehead atoms. The Morgan fingerprint density at radius 2 is 1.73 bits per heavy atom. The normalized spacial score (nSPS) is 11.6. The lowest BCUT2D eigenvalue weighted by molar-refractivity contribution is -0.124.